The average molecular weight is 1030 g/mol. The topological polar surface area (TPSA) is 202 Å². The van der Waals surface area contributed by atoms with E-state index in [4.69, 9.17) is 21.7 Å². The van der Waals surface area contributed by atoms with Gasteiger partial charge in [0.25, 0.3) is 5.91 Å². The fourth-order valence-electron chi connectivity index (χ4n) is 8.55. The Bertz CT molecular complexity index is 2620. The van der Waals surface area contributed by atoms with E-state index >= 15 is 0 Å². The normalized spacial score (nSPS) is 17.7. The molecule has 0 aliphatic carbocycles. The number of thiazole rings is 1. The number of aliphatic hydroxyl groups is 1. The summed E-state index contributed by atoms with van der Waals surface area (Å²) >= 11 is 7.18. The summed E-state index contributed by atoms with van der Waals surface area (Å²) in [5, 5.41) is 28.9. The van der Waals surface area contributed by atoms with Gasteiger partial charge < -0.3 is 40.3 Å². The second kappa shape index (κ2) is 23.7. The van der Waals surface area contributed by atoms with Crippen LogP contribution in [-0.2, 0) is 34.8 Å². The Morgan fingerprint density at radius 1 is 0.972 bits per heavy atom. The molecule has 16 nitrogen and oxygen atoms in total. The van der Waals surface area contributed by atoms with E-state index in [0.29, 0.717) is 37.7 Å². The highest BCUT2D eigenvalue weighted by Gasteiger charge is 2.51. The van der Waals surface area contributed by atoms with Crippen molar-refractivity contribution in [2.24, 2.45) is 5.41 Å². The van der Waals surface area contributed by atoms with Crippen molar-refractivity contribution in [2.45, 2.75) is 117 Å². The van der Waals surface area contributed by atoms with Gasteiger partial charge in [-0.05, 0) is 112 Å². The largest absolute Gasteiger partial charge is 0.417 e. The first-order chi connectivity index (χ1) is 34.0. The number of nitrogens with one attached hydrogen (secondary N) is 3. The van der Waals surface area contributed by atoms with Gasteiger partial charge in [-0.15, -0.1) is 11.3 Å². The molecule has 0 bridgehead atoms. The van der Waals surface area contributed by atoms with Crippen molar-refractivity contribution in [1.82, 2.24) is 25.5 Å². The number of hydrogen-bond donors (Lipinski definition) is 4. The summed E-state index contributed by atoms with van der Waals surface area (Å²) in [6, 6.07) is 13.7. The van der Waals surface area contributed by atoms with E-state index in [1.807, 2.05) is 58.9 Å². The maximum Gasteiger partial charge on any atom is 0.417 e. The number of β-amino-alcohol motifs (C(OH)–C–C–N with tert-alkyl or cyclic N) is 1. The Morgan fingerprint density at radius 3 is 2.31 bits per heavy atom. The molecule has 72 heavy (non-hydrogen) atoms. The number of ether oxygens (including phenoxy) is 2. The van der Waals surface area contributed by atoms with Crippen LogP contribution in [0, 0.1) is 23.7 Å². The van der Waals surface area contributed by atoms with Gasteiger partial charge in [0.1, 0.15) is 30.0 Å². The summed E-state index contributed by atoms with van der Waals surface area (Å²) in [7, 11) is 0. The van der Waals surface area contributed by atoms with Crippen LogP contribution in [0.15, 0.2) is 66.3 Å². The summed E-state index contributed by atoms with van der Waals surface area (Å²) in [4.78, 5) is 68.0. The number of nitrogens with zero attached hydrogens (tertiary/aromatic N) is 6. The van der Waals surface area contributed by atoms with E-state index in [9.17, 15) is 42.7 Å². The molecular formula is C51H62F3N9O7S2. The number of likely N-dealkylation sites (tertiary alicyclic amines) is 1. The molecule has 4 aromatic rings. The zero-order valence-corrected chi connectivity index (χ0v) is 43.1. The monoisotopic (exact) mass is 1030 g/mol. The third-order valence-corrected chi connectivity index (χ3v) is 13.8. The first kappa shape index (κ1) is 55.3. The molecule has 2 aliphatic heterocycles. The smallest absolute Gasteiger partial charge is 0.391 e. The number of benzene rings is 2. The molecule has 0 radical (unpaired) electrons. The second-order valence-electron chi connectivity index (χ2n) is 19.4. The molecule has 2 aliphatic rings. The zero-order chi connectivity index (χ0) is 52.5. The predicted octanol–water partition coefficient (Wildman–Crippen LogP) is 7.70. The number of nitriles is 1. The number of thiocarbonyl (C=S) groups is 1. The van der Waals surface area contributed by atoms with Crippen molar-refractivity contribution < 1.29 is 46.9 Å². The highest BCUT2D eigenvalue weighted by atomic mass is 32.1. The van der Waals surface area contributed by atoms with E-state index in [1.54, 1.807) is 53.8 Å². The van der Waals surface area contributed by atoms with Gasteiger partial charge in [0.05, 0.1) is 63.0 Å². The maximum absolute atomic E-state index is 14.0. The van der Waals surface area contributed by atoms with E-state index < -0.39 is 64.2 Å². The van der Waals surface area contributed by atoms with Crippen LogP contribution in [-0.4, -0.2) is 112 Å². The summed E-state index contributed by atoms with van der Waals surface area (Å²) in [6.45, 7) is 14.1. The van der Waals surface area contributed by atoms with Crippen molar-refractivity contribution in [3.63, 3.8) is 0 Å². The molecule has 4 atom stereocenters. The predicted molar refractivity (Wildman–Crippen MR) is 272 cm³/mol. The number of aliphatic hydroxyl groups excluding tert-OH is 1. The van der Waals surface area contributed by atoms with Crippen molar-refractivity contribution in [3.8, 4) is 16.5 Å². The number of carbonyl (C=O) groups is 4. The minimum Gasteiger partial charge on any atom is -0.391 e. The van der Waals surface area contributed by atoms with Crippen molar-refractivity contribution in [3.05, 3.63) is 88.7 Å². The Kier molecular flexibility index (Phi) is 18.2. The van der Waals surface area contributed by atoms with E-state index in [-0.39, 0.29) is 48.9 Å². The highest BCUT2D eigenvalue weighted by molar-refractivity contribution is 7.81. The fourth-order valence-corrected chi connectivity index (χ4v) is 9.89. The number of unbranched alkanes of at least 4 members (excludes halogenated alkanes) is 2. The van der Waals surface area contributed by atoms with Crippen LogP contribution in [0.5, 0.6) is 0 Å². The minimum absolute atomic E-state index is 0.0192. The lowest BCUT2D eigenvalue weighted by Gasteiger charge is -2.35. The summed E-state index contributed by atoms with van der Waals surface area (Å²) in [5.41, 5.74) is 1.39. The highest BCUT2D eigenvalue weighted by Crippen LogP contribution is 2.40. The number of aryl methyl sites for hydroxylation is 1. The number of amides is 4. The van der Waals surface area contributed by atoms with Crippen LogP contribution in [0.4, 0.5) is 30.4 Å². The molecule has 2 aromatic carbocycles. The zero-order valence-electron chi connectivity index (χ0n) is 41.5. The van der Waals surface area contributed by atoms with Crippen LogP contribution in [0.2, 0.25) is 0 Å². The Labute approximate surface area is 427 Å². The molecule has 2 saturated heterocycles. The Balaban J connectivity index is 0.859. The lowest BCUT2D eigenvalue weighted by atomic mass is 9.85. The number of rotatable bonds is 21. The SMILES string of the molecule is Cc1ncsc1-c1ccc(C(C)NC(=O)[C@@H]2C[C@@H](O)CN2C(=O)C(NC(=O)COCCCOCCCCCNc2ccc(N3C(=S)N(c4ccc(C#N)c(C(F)(F)F)c4)C(=O)C3(C)C)cn2)C(C)(C)C)cc1. The maximum atomic E-state index is 14.0. The number of anilines is 3. The van der Waals surface area contributed by atoms with Gasteiger partial charge in [0.15, 0.2) is 5.11 Å². The van der Waals surface area contributed by atoms with E-state index in [2.05, 4.69) is 25.9 Å². The Hall–Kier alpha value is -6.05. The lowest BCUT2D eigenvalue weighted by molar-refractivity contribution is -0.144. The van der Waals surface area contributed by atoms with Crippen molar-refractivity contribution in [2.75, 3.05) is 54.6 Å². The third kappa shape index (κ3) is 13.3. The van der Waals surface area contributed by atoms with Gasteiger partial charge in [-0.3, -0.25) is 24.1 Å². The van der Waals surface area contributed by atoms with Gasteiger partial charge >= 0.3 is 6.18 Å². The van der Waals surface area contributed by atoms with Gasteiger partial charge in [-0.2, -0.15) is 18.4 Å². The quantitative estimate of drug-likeness (QED) is 0.0468. The van der Waals surface area contributed by atoms with Gasteiger partial charge in [-0.25, -0.2) is 9.97 Å². The minimum atomic E-state index is -4.80. The van der Waals surface area contributed by atoms with Gasteiger partial charge in [-0.1, -0.05) is 45.0 Å². The number of alkyl halides is 3. The number of hydrogen-bond acceptors (Lipinski definition) is 13. The molecule has 386 valence electrons. The standard InChI is InChI=1S/C51H62F3N9O7S2/c1-31(33-12-14-34(15-13-33)43-32(2)58-30-72-43)59-45(66)40-25-38(64)28-61(40)46(67)44(49(3,4)5)60-42(65)29-70-23-11-22-69-21-10-8-9-20-56-41-19-18-37(27-57-41)63-48(71)62(47(68)50(63,6)7)36-17-16-35(26-55)39(24-36)51(52,53)54/h12-19,24,27,30-31,38,40,44,64H,8-11,20-23,25,28-29H2,1-7H3,(H,56,57)(H,59,66)(H,60,65)/t31?,38-,40+,44?/m1/s1. The molecule has 0 saturated carbocycles. The molecule has 2 aromatic heterocycles. The first-order valence-electron chi connectivity index (χ1n) is 23.8. The lowest BCUT2D eigenvalue weighted by Crippen LogP contribution is -2.58. The average Bonchev–Trinajstić information content (AvgIpc) is 4.00. The first-order valence-corrected chi connectivity index (χ1v) is 25.1. The Morgan fingerprint density at radius 2 is 1.67 bits per heavy atom. The van der Waals surface area contributed by atoms with Gasteiger partial charge in [0.2, 0.25) is 17.7 Å². The molecule has 2 unspecified atom stereocenters. The second-order valence-corrected chi connectivity index (χ2v) is 20.7. The number of pyridine rings is 1. The number of carbonyl (C=O) groups excluding carboxylic acids is 4. The van der Waals surface area contributed by atoms with Crippen molar-refractivity contribution in [1.29, 1.82) is 5.26 Å². The van der Waals surface area contributed by atoms with Crippen LogP contribution in [0.1, 0.15) is 102 Å². The van der Waals surface area contributed by atoms with Crippen LogP contribution in [0.25, 0.3) is 10.4 Å². The van der Waals surface area contributed by atoms with Crippen LogP contribution >= 0.6 is 23.6 Å². The van der Waals surface area contributed by atoms with Crippen LogP contribution < -0.4 is 25.8 Å². The summed E-state index contributed by atoms with van der Waals surface area (Å²) < 4.78 is 52.5. The third-order valence-electron chi connectivity index (χ3n) is 12.5. The van der Waals surface area contributed by atoms with Crippen molar-refractivity contribution >= 4 is 69.5 Å². The molecule has 21 heteroatoms. The summed E-state index contributed by atoms with van der Waals surface area (Å²) in [5.74, 6) is -1.27. The molecule has 4 heterocycles. The summed E-state index contributed by atoms with van der Waals surface area (Å²) in [6.07, 6.45) is -1.02. The van der Waals surface area contributed by atoms with E-state index in [1.165, 1.54) is 17.2 Å². The fraction of sp³-hybridized carbons (Fsp3) is 0.490. The molecule has 6 rings (SSSR count). The molecule has 4 N–H and O–H groups in total. The van der Waals surface area contributed by atoms with Crippen LogP contribution in [0.3, 0.4) is 0 Å². The molecular weight excluding hydrogens is 972 g/mol. The molecule has 0 spiro atoms. The molecule has 4 amide bonds. The van der Waals surface area contributed by atoms with E-state index in [0.717, 1.165) is 58.0 Å². The molecule has 2 fully saturated rings. The number of halogens is 3. The number of aromatic nitrogens is 2. The van der Waals surface area contributed by atoms with Gasteiger partial charge in [0, 0.05) is 39.3 Å².